The molecule has 0 aliphatic heterocycles. The molecule has 0 atom stereocenters. The highest BCUT2D eigenvalue weighted by Crippen LogP contribution is 2.25. The van der Waals surface area contributed by atoms with E-state index < -0.39 is 11.8 Å². The first-order valence-electron chi connectivity index (χ1n) is 5.66. The summed E-state index contributed by atoms with van der Waals surface area (Å²) in [5.74, 6) is -0.736. The Kier molecular flexibility index (Phi) is 5.17. The van der Waals surface area contributed by atoms with Crippen molar-refractivity contribution in [3.63, 3.8) is 0 Å². The van der Waals surface area contributed by atoms with Gasteiger partial charge in [-0.3, -0.25) is 4.79 Å². The lowest BCUT2D eigenvalue weighted by Gasteiger charge is -2.10. The van der Waals surface area contributed by atoms with E-state index in [9.17, 15) is 9.59 Å². The van der Waals surface area contributed by atoms with E-state index in [1.165, 1.54) is 13.2 Å². The first-order valence-corrected chi connectivity index (χ1v) is 5.66. The second-order valence-corrected chi connectivity index (χ2v) is 3.34. The van der Waals surface area contributed by atoms with Gasteiger partial charge < -0.3 is 14.2 Å². The van der Waals surface area contributed by atoms with Crippen LogP contribution in [0.3, 0.4) is 0 Å². The molecule has 0 aliphatic carbocycles. The van der Waals surface area contributed by atoms with Crippen molar-refractivity contribution in [2.24, 2.45) is 0 Å². The van der Waals surface area contributed by atoms with Gasteiger partial charge >= 0.3 is 5.97 Å². The highest BCUT2D eigenvalue weighted by atomic mass is 16.5. The maximum Gasteiger partial charge on any atom is 0.379 e. The average molecular weight is 252 g/mol. The number of methoxy groups -OCH3 is 1. The molecule has 0 heterocycles. The van der Waals surface area contributed by atoms with E-state index in [0.717, 1.165) is 0 Å². The lowest BCUT2D eigenvalue weighted by atomic mass is 10.1. The topological polar surface area (TPSA) is 61.8 Å². The SMILES string of the molecule is CCOC(=O)C(=O)c1ccc(OC)cc1OCC. The number of benzene rings is 1. The number of Topliss-reactive ketones (excluding diaryl/α,β-unsaturated/α-hetero) is 1. The molecule has 1 aromatic carbocycles. The summed E-state index contributed by atoms with van der Waals surface area (Å²) in [5.41, 5.74) is 0.177. The van der Waals surface area contributed by atoms with Crippen molar-refractivity contribution >= 4 is 11.8 Å². The van der Waals surface area contributed by atoms with Gasteiger partial charge in [-0.25, -0.2) is 4.79 Å². The molecule has 0 aromatic heterocycles. The van der Waals surface area contributed by atoms with Crippen LogP contribution >= 0.6 is 0 Å². The van der Waals surface area contributed by atoms with Gasteiger partial charge in [0.05, 0.1) is 25.9 Å². The second kappa shape index (κ2) is 6.64. The number of rotatable bonds is 6. The van der Waals surface area contributed by atoms with Crippen molar-refractivity contribution in [1.82, 2.24) is 0 Å². The van der Waals surface area contributed by atoms with E-state index in [1.54, 1.807) is 26.0 Å². The standard InChI is InChI=1S/C13H16O5/c1-4-17-11-8-9(16-3)6-7-10(11)12(14)13(15)18-5-2/h6-8H,4-5H2,1-3H3. The summed E-state index contributed by atoms with van der Waals surface area (Å²) in [7, 11) is 1.51. The van der Waals surface area contributed by atoms with E-state index in [4.69, 9.17) is 9.47 Å². The molecule has 0 radical (unpaired) electrons. The van der Waals surface area contributed by atoms with Crippen molar-refractivity contribution in [3.05, 3.63) is 23.8 Å². The van der Waals surface area contributed by atoms with Crippen LogP contribution in [0.15, 0.2) is 18.2 Å². The zero-order chi connectivity index (χ0) is 13.5. The summed E-state index contributed by atoms with van der Waals surface area (Å²) >= 11 is 0. The van der Waals surface area contributed by atoms with Crippen LogP contribution in [0.4, 0.5) is 0 Å². The Morgan fingerprint density at radius 1 is 1.17 bits per heavy atom. The minimum atomic E-state index is -0.886. The fourth-order valence-corrected chi connectivity index (χ4v) is 1.40. The molecule has 0 aliphatic rings. The molecule has 0 bridgehead atoms. The third kappa shape index (κ3) is 3.23. The van der Waals surface area contributed by atoms with Crippen molar-refractivity contribution in [3.8, 4) is 11.5 Å². The van der Waals surface area contributed by atoms with Crippen molar-refractivity contribution in [2.45, 2.75) is 13.8 Å². The molecule has 0 amide bonds. The third-order valence-corrected chi connectivity index (χ3v) is 2.19. The molecule has 5 heteroatoms. The summed E-state index contributed by atoms with van der Waals surface area (Å²) < 4.78 is 15.0. The van der Waals surface area contributed by atoms with Gasteiger partial charge in [0.15, 0.2) is 0 Å². The summed E-state index contributed by atoms with van der Waals surface area (Å²) in [4.78, 5) is 23.2. The average Bonchev–Trinajstić information content (AvgIpc) is 2.38. The molecule has 5 nitrogen and oxygen atoms in total. The van der Waals surface area contributed by atoms with Crippen molar-refractivity contribution in [2.75, 3.05) is 20.3 Å². The van der Waals surface area contributed by atoms with Gasteiger partial charge in [-0.2, -0.15) is 0 Å². The largest absolute Gasteiger partial charge is 0.497 e. The Morgan fingerprint density at radius 3 is 2.44 bits per heavy atom. The summed E-state index contributed by atoms with van der Waals surface area (Å²) in [6, 6.07) is 4.65. The Morgan fingerprint density at radius 2 is 1.89 bits per heavy atom. The van der Waals surface area contributed by atoms with Crippen LogP contribution in [0, 0.1) is 0 Å². The van der Waals surface area contributed by atoms with Crippen molar-refractivity contribution < 1.29 is 23.8 Å². The van der Waals surface area contributed by atoms with Gasteiger partial charge in [-0.05, 0) is 26.0 Å². The van der Waals surface area contributed by atoms with Gasteiger partial charge in [-0.1, -0.05) is 0 Å². The molecule has 1 rings (SSSR count). The van der Waals surface area contributed by atoms with Gasteiger partial charge in [0, 0.05) is 6.07 Å². The van der Waals surface area contributed by atoms with Gasteiger partial charge in [0.2, 0.25) is 0 Å². The first kappa shape index (κ1) is 14.0. The zero-order valence-electron chi connectivity index (χ0n) is 10.7. The Hall–Kier alpha value is -2.04. The number of carbonyl (C=O) groups excluding carboxylic acids is 2. The second-order valence-electron chi connectivity index (χ2n) is 3.34. The first-order chi connectivity index (χ1) is 8.63. The Bertz CT molecular complexity index is 439. The van der Waals surface area contributed by atoms with Crippen LogP contribution in [0.5, 0.6) is 11.5 Å². The summed E-state index contributed by atoms with van der Waals surface area (Å²) in [6.07, 6.45) is 0. The molecule has 98 valence electrons. The van der Waals surface area contributed by atoms with Crippen LogP contribution in [0.25, 0.3) is 0 Å². The molecule has 18 heavy (non-hydrogen) atoms. The summed E-state index contributed by atoms with van der Waals surface area (Å²) in [5, 5.41) is 0. The smallest absolute Gasteiger partial charge is 0.379 e. The highest BCUT2D eigenvalue weighted by Gasteiger charge is 2.22. The van der Waals surface area contributed by atoms with Crippen LogP contribution in [-0.4, -0.2) is 32.1 Å². The van der Waals surface area contributed by atoms with E-state index in [0.29, 0.717) is 18.1 Å². The predicted octanol–water partition coefficient (Wildman–Crippen LogP) is 1.84. The summed E-state index contributed by atoms with van der Waals surface area (Å²) in [6.45, 7) is 3.97. The lowest BCUT2D eigenvalue weighted by Crippen LogP contribution is -2.18. The number of hydrogen-bond acceptors (Lipinski definition) is 5. The fraction of sp³-hybridized carbons (Fsp3) is 0.385. The van der Waals surface area contributed by atoms with Crippen LogP contribution in [0.2, 0.25) is 0 Å². The predicted molar refractivity (Wildman–Crippen MR) is 65.1 cm³/mol. The molecule has 0 saturated carbocycles. The van der Waals surface area contributed by atoms with Crippen LogP contribution < -0.4 is 9.47 Å². The van der Waals surface area contributed by atoms with E-state index >= 15 is 0 Å². The molecular formula is C13H16O5. The Balaban J connectivity index is 3.06. The minimum absolute atomic E-state index is 0.157. The molecule has 0 N–H and O–H groups in total. The molecule has 0 saturated heterocycles. The molecular weight excluding hydrogens is 236 g/mol. The molecule has 0 unspecified atom stereocenters. The fourth-order valence-electron chi connectivity index (χ4n) is 1.40. The highest BCUT2D eigenvalue weighted by molar-refractivity contribution is 6.41. The van der Waals surface area contributed by atoms with E-state index in [2.05, 4.69) is 4.74 Å². The van der Waals surface area contributed by atoms with Crippen LogP contribution in [-0.2, 0) is 9.53 Å². The van der Waals surface area contributed by atoms with Crippen LogP contribution in [0.1, 0.15) is 24.2 Å². The van der Waals surface area contributed by atoms with Gasteiger partial charge in [0.25, 0.3) is 5.78 Å². The van der Waals surface area contributed by atoms with Gasteiger partial charge in [0.1, 0.15) is 11.5 Å². The van der Waals surface area contributed by atoms with Crippen molar-refractivity contribution in [1.29, 1.82) is 0 Å². The third-order valence-electron chi connectivity index (χ3n) is 2.19. The quantitative estimate of drug-likeness (QED) is 0.439. The normalized spacial score (nSPS) is 9.72. The number of esters is 1. The monoisotopic (exact) mass is 252 g/mol. The molecule has 0 fully saturated rings. The molecule has 0 spiro atoms. The number of hydrogen-bond donors (Lipinski definition) is 0. The Labute approximate surface area is 106 Å². The maximum absolute atomic E-state index is 11.8. The maximum atomic E-state index is 11.8. The lowest BCUT2D eigenvalue weighted by molar-refractivity contribution is -0.137. The van der Waals surface area contributed by atoms with Gasteiger partial charge in [-0.15, -0.1) is 0 Å². The number of carbonyl (C=O) groups is 2. The minimum Gasteiger partial charge on any atom is -0.497 e. The number of ether oxygens (including phenoxy) is 3. The number of ketones is 1. The van der Waals surface area contributed by atoms with E-state index in [1.807, 2.05) is 0 Å². The molecule has 1 aromatic rings. The zero-order valence-corrected chi connectivity index (χ0v) is 10.7. The van der Waals surface area contributed by atoms with E-state index in [-0.39, 0.29) is 12.2 Å².